The molecule has 0 aromatic heterocycles. The number of hydrogen-bond donors (Lipinski definition) is 0. The first kappa shape index (κ1) is 12.6. The molecule has 1 nitrogen and oxygen atoms in total. The fourth-order valence-electron chi connectivity index (χ4n) is 2.39. The van der Waals surface area contributed by atoms with Crippen LogP contribution >= 0.6 is 0 Å². The molecule has 2 rings (SSSR count). The Morgan fingerprint density at radius 3 is 2.72 bits per heavy atom. The van der Waals surface area contributed by atoms with Crippen LogP contribution < -0.4 is 0 Å². The topological polar surface area (TPSA) is 17.1 Å². The zero-order chi connectivity index (χ0) is 13.0. The van der Waals surface area contributed by atoms with Crippen molar-refractivity contribution in [2.75, 3.05) is 0 Å². The van der Waals surface area contributed by atoms with E-state index in [4.69, 9.17) is 0 Å². The quantitative estimate of drug-likeness (QED) is 0.694. The lowest BCUT2D eigenvalue weighted by atomic mass is 9.91. The molecule has 0 saturated heterocycles. The van der Waals surface area contributed by atoms with E-state index in [1.54, 1.807) is 0 Å². The van der Waals surface area contributed by atoms with E-state index in [2.05, 4.69) is 19.6 Å². The van der Waals surface area contributed by atoms with E-state index in [9.17, 15) is 4.79 Å². The van der Waals surface area contributed by atoms with Crippen LogP contribution in [-0.2, 0) is 6.42 Å². The van der Waals surface area contributed by atoms with Gasteiger partial charge in [-0.15, -0.1) is 0 Å². The predicted octanol–water partition coefficient (Wildman–Crippen LogP) is 4.64. The second-order valence-corrected chi connectivity index (χ2v) is 4.50. The lowest BCUT2D eigenvalue weighted by Gasteiger charge is -2.12. The summed E-state index contributed by atoms with van der Waals surface area (Å²) in [5, 5.41) is 2.15. The van der Waals surface area contributed by atoms with Gasteiger partial charge in [-0.25, -0.2) is 0 Å². The molecule has 0 fully saturated rings. The number of rotatable bonds is 5. The average molecular weight is 238 g/mol. The Kier molecular flexibility index (Phi) is 3.93. The SMILES string of the molecule is C=Cc1cc2ccccc2c(C=O)c1CCCC. The molecule has 0 saturated carbocycles. The Morgan fingerprint density at radius 2 is 2.06 bits per heavy atom. The van der Waals surface area contributed by atoms with Gasteiger partial charge < -0.3 is 0 Å². The van der Waals surface area contributed by atoms with E-state index in [1.165, 1.54) is 0 Å². The van der Waals surface area contributed by atoms with Gasteiger partial charge in [0, 0.05) is 5.56 Å². The number of carbonyl (C=O) groups is 1. The van der Waals surface area contributed by atoms with Crippen molar-refractivity contribution in [3.05, 3.63) is 53.6 Å². The van der Waals surface area contributed by atoms with E-state index in [0.717, 1.165) is 53.0 Å². The zero-order valence-electron chi connectivity index (χ0n) is 10.8. The molecule has 0 radical (unpaired) electrons. The van der Waals surface area contributed by atoms with Gasteiger partial charge in [-0.05, 0) is 40.8 Å². The van der Waals surface area contributed by atoms with Crippen LogP contribution in [0.25, 0.3) is 16.8 Å². The third-order valence-electron chi connectivity index (χ3n) is 3.35. The molecule has 0 amide bonds. The number of unbranched alkanes of at least 4 members (excludes halogenated alkanes) is 1. The smallest absolute Gasteiger partial charge is 0.150 e. The second-order valence-electron chi connectivity index (χ2n) is 4.50. The molecule has 0 N–H and O–H groups in total. The summed E-state index contributed by atoms with van der Waals surface area (Å²) in [7, 11) is 0. The van der Waals surface area contributed by atoms with Gasteiger partial charge >= 0.3 is 0 Å². The number of hydrogen-bond acceptors (Lipinski definition) is 1. The van der Waals surface area contributed by atoms with E-state index in [-0.39, 0.29) is 0 Å². The van der Waals surface area contributed by atoms with Crippen LogP contribution in [0.5, 0.6) is 0 Å². The highest BCUT2D eigenvalue weighted by Gasteiger charge is 2.10. The minimum absolute atomic E-state index is 0.830. The summed E-state index contributed by atoms with van der Waals surface area (Å²) >= 11 is 0. The van der Waals surface area contributed by atoms with Gasteiger partial charge in [0.15, 0.2) is 6.29 Å². The molecule has 92 valence electrons. The number of aldehydes is 1. The molecule has 0 aliphatic heterocycles. The third-order valence-corrected chi connectivity index (χ3v) is 3.35. The minimum Gasteiger partial charge on any atom is -0.298 e. The number of fused-ring (bicyclic) bond motifs is 1. The molecule has 0 aliphatic rings. The van der Waals surface area contributed by atoms with Crippen molar-refractivity contribution in [1.29, 1.82) is 0 Å². The molecular formula is C17H18O. The Labute approximate surface area is 108 Å². The number of carbonyl (C=O) groups excluding carboxylic acids is 1. The van der Waals surface area contributed by atoms with Gasteiger partial charge in [-0.3, -0.25) is 4.79 Å². The van der Waals surface area contributed by atoms with Crippen molar-refractivity contribution in [1.82, 2.24) is 0 Å². The first-order chi connectivity index (χ1) is 8.81. The van der Waals surface area contributed by atoms with Crippen molar-refractivity contribution in [2.45, 2.75) is 26.2 Å². The van der Waals surface area contributed by atoms with E-state index in [1.807, 2.05) is 30.3 Å². The van der Waals surface area contributed by atoms with Crippen molar-refractivity contribution < 1.29 is 4.79 Å². The Hall–Kier alpha value is -1.89. The first-order valence-corrected chi connectivity index (χ1v) is 6.44. The van der Waals surface area contributed by atoms with Crippen LogP contribution in [0, 0.1) is 0 Å². The number of benzene rings is 2. The van der Waals surface area contributed by atoms with Crippen LogP contribution in [0.3, 0.4) is 0 Å². The standard InChI is InChI=1S/C17H18O/c1-3-5-9-15-13(4-2)11-14-8-6-7-10-16(14)17(15)12-18/h4,6-8,10-12H,2-3,5,9H2,1H3. The van der Waals surface area contributed by atoms with Crippen molar-refractivity contribution in [3.8, 4) is 0 Å². The summed E-state index contributed by atoms with van der Waals surface area (Å²) in [6, 6.07) is 10.2. The van der Waals surface area contributed by atoms with Crippen LogP contribution in [-0.4, -0.2) is 6.29 Å². The Bertz CT molecular complexity index is 581. The maximum Gasteiger partial charge on any atom is 0.150 e. The van der Waals surface area contributed by atoms with Gasteiger partial charge in [-0.2, -0.15) is 0 Å². The van der Waals surface area contributed by atoms with Gasteiger partial charge in [0.25, 0.3) is 0 Å². The maximum atomic E-state index is 11.4. The predicted molar refractivity (Wildman–Crippen MR) is 78.0 cm³/mol. The molecule has 0 aliphatic carbocycles. The van der Waals surface area contributed by atoms with E-state index < -0.39 is 0 Å². The fraction of sp³-hybridized carbons (Fsp3) is 0.235. The van der Waals surface area contributed by atoms with Gasteiger partial charge in [0.05, 0.1) is 0 Å². The molecule has 0 atom stereocenters. The van der Waals surface area contributed by atoms with Crippen LogP contribution in [0.15, 0.2) is 36.9 Å². The molecule has 0 heterocycles. The lowest BCUT2D eigenvalue weighted by Crippen LogP contribution is -1.98. The molecule has 18 heavy (non-hydrogen) atoms. The summed E-state index contributed by atoms with van der Waals surface area (Å²) in [6.45, 7) is 6.03. The second kappa shape index (κ2) is 5.63. The van der Waals surface area contributed by atoms with Crippen molar-refractivity contribution in [2.24, 2.45) is 0 Å². The molecule has 0 unspecified atom stereocenters. The van der Waals surface area contributed by atoms with Gasteiger partial charge in [-0.1, -0.05) is 50.3 Å². The monoisotopic (exact) mass is 238 g/mol. The summed E-state index contributed by atoms with van der Waals surface area (Å²) in [5.41, 5.74) is 3.06. The highest BCUT2D eigenvalue weighted by atomic mass is 16.1. The largest absolute Gasteiger partial charge is 0.298 e. The molecule has 0 bridgehead atoms. The Balaban J connectivity index is 2.71. The summed E-state index contributed by atoms with van der Waals surface area (Å²) < 4.78 is 0. The fourth-order valence-corrected chi connectivity index (χ4v) is 2.39. The van der Waals surface area contributed by atoms with Crippen LogP contribution in [0.2, 0.25) is 0 Å². The summed E-state index contributed by atoms with van der Waals surface area (Å²) in [4.78, 5) is 11.4. The maximum absolute atomic E-state index is 11.4. The van der Waals surface area contributed by atoms with Gasteiger partial charge in [0.2, 0.25) is 0 Å². The normalized spacial score (nSPS) is 10.5. The highest BCUT2D eigenvalue weighted by molar-refractivity contribution is 6.01. The molecular weight excluding hydrogens is 220 g/mol. The Morgan fingerprint density at radius 1 is 1.28 bits per heavy atom. The molecule has 1 heteroatoms. The highest BCUT2D eigenvalue weighted by Crippen LogP contribution is 2.27. The van der Waals surface area contributed by atoms with Crippen LogP contribution in [0.4, 0.5) is 0 Å². The van der Waals surface area contributed by atoms with E-state index in [0.29, 0.717) is 0 Å². The molecule has 2 aromatic rings. The van der Waals surface area contributed by atoms with Gasteiger partial charge in [0.1, 0.15) is 0 Å². The van der Waals surface area contributed by atoms with E-state index >= 15 is 0 Å². The lowest BCUT2D eigenvalue weighted by molar-refractivity contribution is 0.112. The first-order valence-electron chi connectivity index (χ1n) is 6.44. The van der Waals surface area contributed by atoms with Crippen molar-refractivity contribution >= 4 is 23.1 Å². The average Bonchev–Trinajstić information content (AvgIpc) is 2.43. The molecule has 0 spiro atoms. The summed E-state index contributed by atoms with van der Waals surface area (Å²) in [6.07, 6.45) is 6.00. The minimum atomic E-state index is 0.830. The van der Waals surface area contributed by atoms with Crippen molar-refractivity contribution in [3.63, 3.8) is 0 Å². The molecule has 2 aromatic carbocycles. The summed E-state index contributed by atoms with van der Waals surface area (Å²) in [5.74, 6) is 0. The van der Waals surface area contributed by atoms with Crippen LogP contribution in [0.1, 0.15) is 41.3 Å². The zero-order valence-corrected chi connectivity index (χ0v) is 10.8. The third kappa shape index (κ3) is 2.21.